The zero-order valence-corrected chi connectivity index (χ0v) is 19.5. The Morgan fingerprint density at radius 3 is 2.53 bits per heavy atom. The molecule has 0 bridgehead atoms. The third-order valence-corrected chi connectivity index (χ3v) is 7.09. The summed E-state index contributed by atoms with van der Waals surface area (Å²) in [6.07, 6.45) is 5.45. The monoisotopic (exact) mass is 476 g/mol. The largest absolute Gasteiger partial charge is 0.445 e. The van der Waals surface area contributed by atoms with Crippen molar-refractivity contribution in [3.8, 4) is 17.2 Å². The number of aromatic nitrogens is 2. The van der Waals surface area contributed by atoms with Gasteiger partial charge in [-0.3, -0.25) is 0 Å². The van der Waals surface area contributed by atoms with Crippen LogP contribution in [0, 0.1) is 11.3 Å². The van der Waals surface area contributed by atoms with Crippen molar-refractivity contribution in [2.75, 3.05) is 6.26 Å². The van der Waals surface area contributed by atoms with E-state index in [-0.39, 0.29) is 17.3 Å². The predicted octanol–water partition coefficient (Wildman–Crippen LogP) is 4.11. The fourth-order valence-corrected chi connectivity index (χ4v) is 4.85. The van der Waals surface area contributed by atoms with E-state index in [9.17, 15) is 13.2 Å². The normalized spacial score (nSPS) is 14.8. The SMILES string of the molecule is CS(=O)(=O)c1ccc(-c2cccc(COC(=O)NC3(c4ccnc(C#N)n4)CCCC3)c2)cc1. The highest BCUT2D eigenvalue weighted by atomic mass is 32.2. The number of rotatable bonds is 6. The van der Waals surface area contributed by atoms with Crippen molar-refractivity contribution in [2.45, 2.75) is 42.7 Å². The molecule has 1 amide bonds. The van der Waals surface area contributed by atoms with Crippen LogP contribution in [0.15, 0.2) is 65.7 Å². The number of carbonyl (C=O) groups excluding carboxylic acids is 1. The summed E-state index contributed by atoms with van der Waals surface area (Å²) >= 11 is 0. The topological polar surface area (TPSA) is 122 Å². The Morgan fingerprint density at radius 2 is 1.85 bits per heavy atom. The van der Waals surface area contributed by atoms with Gasteiger partial charge in [0, 0.05) is 12.5 Å². The standard InChI is InChI=1S/C25H24N4O4S/c1-34(31,32)21-9-7-19(8-10-21)20-6-4-5-18(15-20)17-33-24(30)29-25(12-2-3-13-25)22-11-14-27-23(16-26)28-22/h4-11,14-15H,2-3,12-13,17H2,1H3,(H,29,30). The van der Waals surface area contributed by atoms with Gasteiger partial charge < -0.3 is 10.1 Å². The Kier molecular flexibility index (Phi) is 6.61. The minimum Gasteiger partial charge on any atom is -0.445 e. The van der Waals surface area contributed by atoms with E-state index in [0.29, 0.717) is 18.5 Å². The van der Waals surface area contributed by atoms with E-state index >= 15 is 0 Å². The maximum atomic E-state index is 12.7. The molecule has 0 aliphatic heterocycles. The van der Waals surface area contributed by atoms with Crippen LogP contribution in [0.3, 0.4) is 0 Å². The van der Waals surface area contributed by atoms with E-state index in [2.05, 4.69) is 15.3 Å². The third kappa shape index (κ3) is 5.24. The number of nitrogens with zero attached hydrogens (tertiary/aromatic N) is 3. The Bertz CT molecular complexity index is 1340. The minimum absolute atomic E-state index is 0.0697. The molecular weight excluding hydrogens is 452 g/mol. The van der Waals surface area contributed by atoms with E-state index < -0.39 is 21.5 Å². The molecule has 3 aromatic rings. The van der Waals surface area contributed by atoms with Crippen LogP contribution < -0.4 is 5.32 Å². The summed E-state index contributed by atoms with van der Waals surface area (Å²) in [7, 11) is -3.26. The lowest BCUT2D eigenvalue weighted by Crippen LogP contribution is -2.44. The summed E-state index contributed by atoms with van der Waals surface area (Å²) in [5, 5.41) is 12.1. The van der Waals surface area contributed by atoms with Crippen molar-refractivity contribution >= 4 is 15.9 Å². The highest BCUT2D eigenvalue weighted by Gasteiger charge is 2.39. The van der Waals surface area contributed by atoms with Crippen molar-refractivity contribution in [2.24, 2.45) is 0 Å². The van der Waals surface area contributed by atoms with Crippen LogP contribution in [0.25, 0.3) is 11.1 Å². The summed E-state index contributed by atoms with van der Waals surface area (Å²) in [5.41, 5.74) is 2.50. The molecule has 8 nitrogen and oxygen atoms in total. The van der Waals surface area contributed by atoms with Crippen molar-refractivity contribution in [1.82, 2.24) is 15.3 Å². The number of ether oxygens (including phenoxy) is 1. The zero-order chi connectivity index (χ0) is 24.2. The van der Waals surface area contributed by atoms with Crippen molar-refractivity contribution in [3.63, 3.8) is 0 Å². The highest BCUT2D eigenvalue weighted by molar-refractivity contribution is 7.90. The first-order valence-corrected chi connectivity index (χ1v) is 12.8. The molecule has 0 saturated heterocycles. The fraction of sp³-hybridized carbons (Fsp3) is 0.280. The Hall–Kier alpha value is -3.77. The molecule has 9 heteroatoms. The molecule has 1 aliphatic carbocycles. The maximum absolute atomic E-state index is 12.7. The highest BCUT2D eigenvalue weighted by Crippen LogP contribution is 2.38. The van der Waals surface area contributed by atoms with Gasteiger partial charge in [0.05, 0.1) is 16.1 Å². The van der Waals surface area contributed by atoms with Crippen molar-refractivity contribution in [3.05, 3.63) is 77.9 Å². The van der Waals surface area contributed by atoms with E-state index in [4.69, 9.17) is 10.00 Å². The smallest absolute Gasteiger partial charge is 0.408 e. The molecule has 2 aromatic carbocycles. The van der Waals surface area contributed by atoms with Crippen LogP contribution >= 0.6 is 0 Å². The van der Waals surface area contributed by atoms with Gasteiger partial charge in [0.2, 0.25) is 5.82 Å². The Morgan fingerprint density at radius 1 is 1.12 bits per heavy atom. The van der Waals surface area contributed by atoms with Crippen LogP contribution in [0.1, 0.15) is 42.8 Å². The molecule has 0 radical (unpaired) electrons. The Labute approximate surface area is 198 Å². The van der Waals surface area contributed by atoms with E-state index in [1.807, 2.05) is 30.3 Å². The number of nitrogens with one attached hydrogen (secondary N) is 1. The minimum atomic E-state index is -3.26. The number of nitriles is 1. The van der Waals surface area contributed by atoms with Gasteiger partial charge in [0.15, 0.2) is 9.84 Å². The van der Waals surface area contributed by atoms with Crippen LogP contribution in [0.2, 0.25) is 0 Å². The molecule has 1 aliphatic rings. The summed E-state index contributed by atoms with van der Waals surface area (Å²) in [5.74, 6) is 0.0697. The van der Waals surface area contributed by atoms with Crippen LogP contribution in [0.5, 0.6) is 0 Å². The molecule has 4 rings (SSSR count). The molecule has 1 N–H and O–H groups in total. The van der Waals surface area contributed by atoms with Crippen LogP contribution in [-0.2, 0) is 26.7 Å². The van der Waals surface area contributed by atoms with Crippen LogP contribution in [-0.4, -0.2) is 30.7 Å². The van der Waals surface area contributed by atoms with E-state index in [0.717, 1.165) is 29.5 Å². The number of amides is 1. The van der Waals surface area contributed by atoms with E-state index in [1.54, 1.807) is 30.3 Å². The first-order chi connectivity index (χ1) is 16.3. The lowest BCUT2D eigenvalue weighted by molar-refractivity contribution is 0.125. The number of sulfone groups is 1. The number of hydrogen-bond donors (Lipinski definition) is 1. The van der Waals surface area contributed by atoms with E-state index in [1.165, 1.54) is 12.5 Å². The van der Waals surface area contributed by atoms with Gasteiger partial charge >= 0.3 is 6.09 Å². The van der Waals surface area contributed by atoms with Gasteiger partial charge in [0.1, 0.15) is 12.7 Å². The third-order valence-electron chi connectivity index (χ3n) is 5.96. The zero-order valence-electron chi connectivity index (χ0n) is 18.7. The summed E-state index contributed by atoms with van der Waals surface area (Å²) in [4.78, 5) is 21.2. The second-order valence-electron chi connectivity index (χ2n) is 8.36. The molecule has 34 heavy (non-hydrogen) atoms. The number of carbonyl (C=O) groups is 1. The molecule has 1 aromatic heterocycles. The van der Waals surface area contributed by atoms with Gasteiger partial charge in [-0.05, 0) is 53.8 Å². The number of alkyl carbamates (subject to hydrolysis) is 1. The number of hydrogen-bond acceptors (Lipinski definition) is 7. The number of benzene rings is 2. The van der Waals surface area contributed by atoms with Gasteiger partial charge in [-0.15, -0.1) is 0 Å². The second kappa shape index (κ2) is 9.61. The quantitative estimate of drug-likeness (QED) is 0.568. The summed E-state index contributed by atoms with van der Waals surface area (Å²) in [6, 6.07) is 17.9. The maximum Gasteiger partial charge on any atom is 0.408 e. The molecule has 0 atom stereocenters. The molecule has 1 fully saturated rings. The second-order valence-corrected chi connectivity index (χ2v) is 10.4. The fourth-order valence-electron chi connectivity index (χ4n) is 4.22. The molecular formula is C25H24N4O4S. The molecule has 1 saturated carbocycles. The molecule has 0 spiro atoms. The van der Waals surface area contributed by atoms with Gasteiger partial charge in [-0.25, -0.2) is 23.2 Å². The molecule has 1 heterocycles. The molecule has 0 unspecified atom stereocenters. The predicted molar refractivity (Wildman–Crippen MR) is 125 cm³/mol. The first-order valence-electron chi connectivity index (χ1n) is 10.9. The summed E-state index contributed by atoms with van der Waals surface area (Å²) in [6.45, 7) is 0.0738. The lowest BCUT2D eigenvalue weighted by atomic mass is 9.93. The summed E-state index contributed by atoms with van der Waals surface area (Å²) < 4.78 is 28.9. The average molecular weight is 477 g/mol. The van der Waals surface area contributed by atoms with Crippen LogP contribution in [0.4, 0.5) is 4.79 Å². The van der Waals surface area contributed by atoms with Crippen molar-refractivity contribution < 1.29 is 17.9 Å². The Balaban J connectivity index is 1.44. The van der Waals surface area contributed by atoms with Gasteiger partial charge in [-0.1, -0.05) is 43.2 Å². The van der Waals surface area contributed by atoms with Gasteiger partial charge in [-0.2, -0.15) is 5.26 Å². The molecule has 174 valence electrons. The van der Waals surface area contributed by atoms with Gasteiger partial charge in [0.25, 0.3) is 0 Å². The first kappa shape index (κ1) is 23.4. The lowest BCUT2D eigenvalue weighted by Gasteiger charge is -2.29. The van der Waals surface area contributed by atoms with Crippen molar-refractivity contribution in [1.29, 1.82) is 5.26 Å². The average Bonchev–Trinajstić information content (AvgIpc) is 3.32.